The topological polar surface area (TPSA) is 23.5 Å². The Morgan fingerprint density at radius 1 is 1.47 bits per heavy atom. The molecule has 1 aromatic rings. The van der Waals surface area contributed by atoms with E-state index >= 15 is 0 Å². The van der Waals surface area contributed by atoms with E-state index in [-0.39, 0.29) is 6.61 Å². The number of nitrogens with zero attached hydrogens (tertiary/aromatic N) is 1. The predicted molar refractivity (Wildman–Crippen MR) is 62.0 cm³/mol. The lowest BCUT2D eigenvalue weighted by Gasteiger charge is -2.22. The molecule has 1 aromatic carbocycles. The zero-order valence-corrected chi connectivity index (χ0v) is 9.45. The fourth-order valence-corrected chi connectivity index (χ4v) is 2.39. The lowest BCUT2D eigenvalue weighted by atomic mass is 10.2. The van der Waals surface area contributed by atoms with Gasteiger partial charge >= 0.3 is 0 Å². The molecule has 0 radical (unpaired) electrons. The summed E-state index contributed by atoms with van der Waals surface area (Å²) in [6.45, 7) is 2.24. The van der Waals surface area contributed by atoms with Crippen molar-refractivity contribution in [2.24, 2.45) is 0 Å². The molecule has 1 fully saturated rings. The Balaban J connectivity index is 2.02. The molecule has 2 nitrogen and oxygen atoms in total. The second-order valence-electron chi connectivity index (χ2n) is 4.08. The monoisotopic (exact) mass is 225 g/mol. The first kappa shape index (κ1) is 10.9. The van der Waals surface area contributed by atoms with Crippen LogP contribution in [0.4, 0.5) is 0 Å². The van der Waals surface area contributed by atoms with Crippen molar-refractivity contribution in [3.8, 4) is 0 Å². The largest absolute Gasteiger partial charge is 0.395 e. The normalized spacial score (nSPS) is 22.1. The number of hydrogen-bond acceptors (Lipinski definition) is 2. The average Bonchev–Trinajstić information content (AvgIpc) is 2.65. The van der Waals surface area contributed by atoms with Crippen LogP contribution in [0.15, 0.2) is 24.3 Å². The number of hydrogen-bond donors (Lipinski definition) is 1. The molecule has 1 aliphatic heterocycles. The van der Waals surface area contributed by atoms with E-state index in [1.165, 1.54) is 12.0 Å². The summed E-state index contributed by atoms with van der Waals surface area (Å²) in [5.41, 5.74) is 1.22. The van der Waals surface area contributed by atoms with Crippen LogP contribution in [-0.2, 0) is 6.54 Å². The van der Waals surface area contributed by atoms with Gasteiger partial charge in [0.1, 0.15) is 0 Å². The van der Waals surface area contributed by atoms with E-state index in [2.05, 4.69) is 11.0 Å². The van der Waals surface area contributed by atoms with E-state index in [1.807, 2.05) is 18.2 Å². The van der Waals surface area contributed by atoms with Gasteiger partial charge in [-0.05, 0) is 37.1 Å². The molecule has 1 unspecified atom stereocenters. The summed E-state index contributed by atoms with van der Waals surface area (Å²) in [5, 5.41) is 9.99. The Bertz CT molecular complexity index is 329. The van der Waals surface area contributed by atoms with Crippen LogP contribution in [0.3, 0.4) is 0 Å². The molecule has 2 rings (SSSR count). The van der Waals surface area contributed by atoms with Crippen LogP contribution in [0.25, 0.3) is 0 Å². The number of aliphatic hydroxyl groups excluding tert-OH is 1. The summed E-state index contributed by atoms with van der Waals surface area (Å²) in [7, 11) is 0. The Morgan fingerprint density at radius 2 is 2.33 bits per heavy atom. The molecule has 82 valence electrons. The highest BCUT2D eigenvalue weighted by Gasteiger charge is 2.23. The molecule has 0 saturated carbocycles. The first-order chi connectivity index (χ1) is 7.29. The van der Waals surface area contributed by atoms with Gasteiger partial charge in [-0.3, -0.25) is 4.90 Å². The molecule has 0 spiro atoms. The molecule has 0 aliphatic carbocycles. The van der Waals surface area contributed by atoms with Gasteiger partial charge in [-0.25, -0.2) is 0 Å². The van der Waals surface area contributed by atoms with Crippen molar-refractivity contribution in [2.45, 2.75) is 25.4 Å². The number of likely N-dealkylation sites (tertiary alicyclic amines) is 1. The van der Waals surface area contributed by atoms with Crippen molar-refractivity contribution in [1.82, 2.24) is 4.90 Å². The summed E-state index contributed by atoms with van der Waals surface area (Å²) in [6.07, 6.45) is 2.29. The lowest BCUT2D eigenvalue weighted by molar-refractivity contribution is 0.153. The van der Waals surface area contributed by atoms with Crippen LogP contribution in [0.2, 0.25) is 5.02 Å². The lowest BCUT2D eigenvalue weighted by Crippen LogP contribution is -2.31. The SMILES string of the molecule is OCC1CCCN1Cc1cccc(Cl)c1. The summed E-state index contributed by atoms with van der Waals surface area (Å²) < 4.78 is 0. The smallest absolute Gasteiger partial charge is 0.0587 e. The van der Waals surface area contributed by atoms with Crippen molar-refractivity contribution in [2.75, 3.05) is 13.2 Å². The van der Waals surface area contributed by atoms with Crippen molar-refractivity contribution >= 4 is 11.6 Å². The Hall–Kier alpha value is -0.570. The highest BCUT2D eigenvalue weighted by Crippen LogP contribution is 2.20. The number of halogens is 1. The molecule has 3 heteroatoms. The van der Waals surface area contributed by atoms with Gasteiger partial charge in [0.05, 0.1) is 6.61 Å². The maximum Gasteiger partial charge on any atom is 0.0587 e. The van der Waals surface area contributed by atoms with E-state index in [0.717, 1.165) is 24.5 Å². The van der Waals surface area contributed by atoms with E-state index in [4.69, 9.17) is 11.6 Å². The molecule has 0 amide bonds. The first-order valence-corrected chi connectivity index (χ1v) is 5.77. The third-order valence-electron chi connectivity index (χ3n) is 2.98. The third kappa shape index (κ3) is 2.71. The van der Waals surface area contributed by atoms with Crippen LogP contribution in [0.1, 0.15) is 18.4 Å². The molecule has 1 atom stereocenters. The van der Waals surface area contributed by atoms with Crippen LogP contribution in [0, 0.1) is 0 Å². The van der Waals surface area contributed by atoms with Gasteiger partial charge in [0.2, 0.25) is 0 Å². The van der Waals surface area contributed by atoms with Crippen molar-refractivity contribution in [3.63, 3.8) is 0 Å². The minimum Gasteiger partial charge on any atom is -0.395 e. The first-order valence-electron chi connectivity index (χ1n) is 5.39. The molecule has 1 N–H and O–H groups in total. The molecule has 1 saturated heterocycles. The fraction of sp³-hybridized carbons (Fsp3) is 0.500. The zero-order valence-electron chi connectivity index (χ0n) is 8.69. The molecular weight excluding hydrogens is 210 g/mol. The summed E-state index contributed by atoms with van der Waals surface area (Å²) in [6, 6.07) is 8.27. The predicted octanol–water partition coefficient (Wildman–Crippen LogP) is 2.30. The Kier molecular flexibility index (Phi) is 3.62. The minimum atomic E-state index is 0.264. The molecule has 1 heterocycles. The Labute approximate surface area is 95.5 Å². The van der Waals surface area contributed by atoms with E-state index in [9.17, 15) is 5.11 Å². The summed E-state index contributed by atoms with van der Waals surface area (Å²) in [5.74, 6) is 0. The summed E-state index contributed by atoms with van der Waals surface area (Å²) >= 11 is 5.93. The van der Waals surface area contributed by atoms with E-state index in [1.54, 1.807) is 0 Å². The standard InChI is InChI=1S/C12H16ClNO/c13-11-4-1-3-10(7-11)8-14-6-2-5-12(14)9-15/h1,3-4,7,12,15H,2,5-6,8-9H2. The number of aliphatic hydroxyl groups is 1. The number of benzene rings is 1. The maximum atomic E-state index is 9.20. The quantitative estimate of drug-likeness (QED) is 0.854. The minimum absolute atomic E-state index is 0.264. The van der Waals surface area contributed by atoms with Gasteiger partial charge in [-0.1, -0.05) is 23.7 Å². The van der Waals surface area contributed by atoms with Crippen molar-refractivity contribution < 1.29 is 5.11 Å². The maximum absolute atomic E-state index is 9.20. The van der Waals surface area contributed by atoms with Gasteiger partial charge in [-0.2, -0.15) is 0 Å². The molecule has 1 aliphatic rings. The van der Waals surface area contributed by atoms with Crippen molar-refractivity contribution in [3.05, 3.63) is 34.9 Å². The third-order valence-corrected chi connectivity index (χ3v) is 3.22. The van der Waals surface area contributed by atoms with Crippen LogP contribution < -0.4 is 0 Å². The second-order valence-corrected chi connectivity index (χ2v) is 4.52. The van der Waals surface area contributed by atoms with Gasteiger partial charge in [0.25, 0.3) is 0 Å². The second kappa shape index (κ2) is 4.97. The molecule has 0 aromatic heterocycles. The van der Waals surface area contributed by atoms with Gasteiger partial charge in [0.15, 0.2) is 0 Å². The van der Waals surface area contributed by atoms with Crippen molar-refractivity contribution in [1.29, 1.82) is 0 Å². The Morgan fingerprint density at radius 3 is 3.07 bits per heavy atom. The number of rotatable bonds is 3. The van der Waals surface area contributed by atoms with Gasteiger partial charge in [-0.15, -0.1) is 0 Å². The molecular formula is C12H16ClNO. The molecule has 0 bridgehead atoms. The zero-order chi connectivity index (χ0) is 10.7. The van der Waals surface area contributed by atoms with Gasteiger partial charge in [0, 0.05) is 17.6 Å². The van der Waals surface area contributed by atoms with E-state index in [0.29, 0.717) is 6.04 Å². The highest BCUT2D eigenvalue weighted by molar-refractivity contribution is 6.30. The molecule has 15 heavy (non-hydrogen) atoms. The van der Waals surface area contributed by atoms with Crippen LogP contribution in [-0.4, -0.2) is 29.2 Å². The summed E-state index contributed by atoms with van der Waals surface area (Å²) in [4.78, 5) is 2.33. The fourth-order valence-electron chi connectivity index (χ4n) is 2.18. The van der Waals surface area contributed by atoms with Crippen LogP contribution >= 0.6 is 11.6 Å². The highest BCUT2D eigenvalue weighted by atomic mass is 35.5. The van der Waals surface area contributed by atoms with Crippen LogP contribution in [0.5, 0.6) is 0 Å². The average molecular weight is 226 g/mol. The van der Waals surface area contributed by atoms with E-state index < -0.39 is 0 Å². The van der Waals surface area contributed by atoms with Gasteiger partial charge < -0.3 is 5.11 Å².